The van der Waals surface area contributed by atoms with Crippen molar-refractivity contribution in [1.82, 2.24) is 19.6 Å². The molecule has 2 unspecified atom stereocenters. The van der Waals surface area contributed by atoms with Gasteiger partial charge in [-0.3, -0.25) is 19.4 Å². The van der Waals surface area contributed by atoms with Crippen molar-refractivity contribution in [2.75, 3.05) is 46.3 Å². The lowest BCUT2D eigenvalue weighted by atomic mass is 9.88. The maximum Gasteiger partial charge on any atom is 0.255 e. The Morgan fingerprint density at radius 2 is 1.57 bits per heavy atom. The lowest BCUT2D eigenvalue weighted by Gasteiger charge is -2.49. The predicted octanol–water partition coefficient (Wildman–Crippen LogP) is 4.22. The van der Waals surface area contributed by atoms with Gasteiger partial charge in [-0.15, -0.1) is 0 Å². The Kier molecular flexibility index (Phi) is 6.20. The van der Waals surface area contributed by atoms with Crippen molar-refractivity contribution in [2.24, 2.45) is 0 Å². The molecule has 3 fully saturated rings. The first-order valence-corrected chi connectivity index (χ1v) is 13.9. The smallest absolute Gasteiger partial charge is 0.255 e. The Morgan fingerprint density at radius 3 is 2.16 bits per heavy atom. The largest absolute Gasteiger partial charge is 0.339 e. The van der Waals surface area contributed by atoms with Crippen LogP contribution in [0.5, 0.6) is 0 Å². The second-order valence-electron chi connectivity index (χ2n) is 11.3. The Labute approximate surface area is 219 Å². The minimum absolute atomic E-state index is 0.139. The number of nitrogens with zero attached hydrogens (tertiary/aromatic N) is 4. The second-order valence-corrected chi connectivity index (χ2v) is 11.3. The number of fused-ring (bicyclic) bond motifs is 2. The molecule has 6 nitrogen and oxygen atoms in total. The maximum atomic E-state index is 14.0. The molecule has 6 rings (SSSR count). The molecule has 3 aliphatic heterocycles. The highest BCUT2D eigenvalue weighted by molar-refractivity contribution is 6.18. The van der Waals surface area contributed by atoms with Gasteiger partial charge < -0.3 is 9.80 Å². The second kappa shape index (κ2) is 9.41. The Balaban J connectivity index is 1.21. The Bertz CT molecular complexity index is 1290. The van der Waals surface area contributed by atoms with Crippen LogP contribution < -0.4 is 0 Å². The molecule has 3 aromatic rings. The van der Waals surface area contributed by atoms with E-state index < -0.39 is 5.54 Å². The van der Waals surface area contributed by atoms with Crippen molar-refractivity contribution in [2.45, 2.75) is 50.7 Å². The fourth-order valence-corrected chi connectivity index (χ4v) is 7.24. The number of piperazine rings is 1. The van der Waals surface area contributed by atoms with Crippen molar-refractivity contribution in [3.8, 4) is 0 Å². The van der Waals surface area contributed by atoms with Crippen LogP contribution in [0.3, 0.4) is 0 Å². The normalized spacial score (nSPS) is 26.1. The van der Waals surface area contributed by atoms with Crippen LogP contribution in [0.2, 0.25) is 0 Å². The first-order valence-electron chi connectivity index (χ1n) is 13.9. The van der Waals surface area contributed by atoms with E-state index in [4.69, 9.17) is 0 Å². The van der Waals surface area contributed by atoms with Crippen molar-refractivity contribution in [3.05, 3.63) is 60.2 Å². The highest BCUT2D eigenvalue weighted by Crippen LogP contribution is 2.37. The van der Waals surface area contributed by atoms with E-state index in [2.05, 4.69) is 70.8 Å². The molecule has 0 bridgehead atoms. The van der Waals surface area contributed by atoms with Gasteiger partial charge in [0.2, 0.25) is 5.91 Å². The van der Waals surface area contributed by atoms with E-state index in [9.17, 15) is 9.59 Å². The van der Waals surface area contributed by atoms with E-state index in [1.54, 1.807) is 0 Å². The summed E-state index contributed by atoms with van der Waals surface area (Å²) >= 11 is 0. The zero-order chi connectivity index (χ0) is 25.7. The zero-order valence-electron chi connectivity index (χ0n) is 22.3. The molecule has 2 amide bonds. The Morgan fingerprint density at radius 1 is 0.946 bits per heavy atom. The first kappa shape index (κ1) is 24.4. The topological polar surface area (TPSA) is 47.1 Å². The molecule has 3 aromatic carbocycles. The van der Waals surface area contributed by atoms with Gasteiger partial charge in [0.05, 0.1) is 5.56 Å². The molecule has 0 aliphatic carbocycles. The molecule has 194 valence electrons. The van der Waals surface area contributed by atoms with Crippen LogP contribution in [0.25, 0.3) is 21.5 Å². The van der Waals surface area contributed by atoms with Crippen LogP contribution in [0.4, 0.5) is 0 Å². The summed E-state index contributed by atoms with van der Waals surface area (Å²) in [6.07, 6.45) is 2.81. The number of amides is 2. The number of carbonyl (C=O) groups excluding carboxylic acids is 2. The summed E-state index contributed by atoms with van der Waals surface area (Å²) in [4.78, 5) is 36.4. The average molecular weight is 499 g/mol. The maximum absolute atomic E-state index is 14.0. The molecule has 6 heteroatoms. The van der Waals surface area contributed by atoms with E-state index in [0.717, 1.165) is 85.6 Å². The number of hydrogen-bond donors (Lipinski definition) is 0. The van der Waals surface area contributed by atoms with Crippen LogP contribution in [0.1, 0.15) is 43.5 Å². The Hall–Kier alpha value is -2.96. The monoisotopic (exact) mass is 498 g/mol. The molecule has 0 aromatic heterocycles. The lowest BCUT2D eigenvalue weighted by Crippen LogP contribution is -2.66. The number of likely N-dealkylation sites (N-methyl/N-ethyl adjacent to an activating group) is 2. The van der Waals surface area contributed by atoms with Crippen molar-refractivity contribution in [3.63, 3.8) is 0 Å². The minimum atomic E-state index is -0.400. The number of rotatable bonds is 3. The fourth-order valence-electron chi connectivity index (χ4n) is 7.24. The highest BCUT2D eigenvalue weighted by Gasteiger charge is 2.55. The third-order valence-corrected chi connectivity index (χ3v) is 9.34. The molecule has 0 N–H and O–H groups in total. The van der Waals surface area contributed by atoms with Crippen molar-refractivity contribution < 1.29 is 9.59 Å². The summed E-state index contributed by atoms with van der Waals surface area (Å²) < 4.78 is 0. The number of carbonyl (C=O) groups is 2. The summed E-state index contributed by atoms with van der Waals surface area (Å²) in [5.41, 5.74) is 0.429. The van der Waals surface area contributed by atoms with Gasteiger partial charge in [-0.1, -0.05) is 48.5 Å². The van der Waals surface area contributed by atoms with Crippen LogP contribution in [-0.2, 0) is 4.79 Å². The summed E-state index contributed by atoms with van der Waals surface area (Å²) in [5, 5.41) is 4.28. The molecular formula is C31H38N4O2. The third-order valence-electron chi connectivity index (χ3n) is 9.34. The van der Waals surface area contributed by atoms with Gasteiger partial charge >= 0.3 is 0 Å². The molecule has 3 saturated heterocycles. The average Bonchev–Trinajstić information content (AvgIpc) is 3.17. The lowest BCUT2D eigenvalue weighted by molar-refractivity contribution is -0.142. The number of benzene rings is 3. The fraction of sp³-hybridized carbons (Fsp3) is 0.484. The van der Waals surface area contributed by atoms with E-state index in [1.807, 2.05) is 24.3 Å². The summed E-state index contributed by atoms with van der Waals surface area (Å²) in [6.45, 7) is 9.26. The number of likely N-dealkylation sites (tertiary alicyclic amines) is 2. The molecule has 1 spiro atoms. The van der Waals surface area contributed by atoms with Gasteiger partial charge in [0, 0.05) is 51.4 Å². The van der Waals surface area contributed by atoms with Gasteiger partial charge in [0.25, 0.3) is 5.91 Å². The van der Waals surface area contributed by atoms with Gasteiger partial charge in [-0.2, -0.15) is 0 Å². The quantitative estimate of drug-likeness (QED) is 0.507. The zero-order valence-corrected chi connectivity index (χ0v) is 22.3. The summed E-state index contributed by atoms with van der Waals surface area (Å²) in [5.74, 6) is 0.435. The molecule has 2 atom stereocenters. The molecule has 3 aliphatic rings. The van der Waals surface area contributed by atoms with E-state index in [1.165, 1.54) is 0 Å². The van der Waals surface area contributed by atoms with Crippen LogP contribution in [-0.4, -0.2) is 95.4 Å². The van der Waals surface area contributed by atoms with E-state index in [-0.39, 0.29) is 11.9 Å². The van der Waals surface area contributed by atoms with Gasteiger partial charge in [0.1, 0.15) is 5.54 Å². The van der Waals surface area contributed by atoms with Crippen LogP contribution in [0, 0.1) is 0 Å². The minimum Gasteiger partial charge on any atom is -0.339 e. The first-order chi connectivity index (χ1) is 17.9. The van der Waals surface area contributed by atoms with Crippen LogP contribution >= 0.6 is 0 Å². The molecular weight excluding hydrogens is 460 g/mol. The van der Waals surface area contributed by atoms with E-state index in [0.29, 0.717) is 11.9 Å². The van der Waals surface area contributed by atoms with Gasteiger partial charge in [0.15, 0.2) is 0 Å². The molecule has 37 heavy (non-hydrogen) atoms. The third kappa shape index (κ3) is 3.93. The predicted molar refractivity (Wildman–Crippen MR) is 149 cm³/mol. The van der Waals surface area contributed by atoms with E-state index >= 15 is 0 Å². The number of piperidine rings is 1. The number of hydrogen-bond acceptors (Lipinski definition) is 4. The SMILES string of the molecule is CCN1C(=O)C2(CC1C)CN(C1CCN(C(=O)c3c4ccccc4cc4ccccc34)CC1)CCN2C. The van der Waals surface area contributed by atoms with Gasteiger partial charge in [-0.25, -0.2) is 0 Å². The van der Waals surface area contributed by atoms with Gasteiger partial charge in [-0.05, 0) is 67.8 Å². The van der Waals surface area contributed by atoms with Crippen molar-refractivity contribution >= 4 is 33.4 Å². The highest BCUT2D eigenvalue weighted by atomic mass is 16.2. The standard InChI is InChI=1S/C31H38N4O2/c1-4-35-22(2)20-31(30(35)37)21-34(18-17-32(31)3)25-13-15-33(16-14-25)29(36)28-26-11-7-5-9-23(26)19-24-10-6-8-12-27(24)28/h5-12,19,22,25H,4,13-18,20-21H2,1-3H3. The summed E-state index contributed by atoms with van der Waals surface area (Å²) in [7, 11) is 2.12. The van der Waals surface area contributed by atoms with Crippen molar-refractivity contribution in [1.29, 1.82) is 0 Å². The summed E-state index contributed by atoms with van der Waals surface area (Å²) in [6, 6.07) is 19.3. The molecule has 0 radical (unpaired) electrons. The molecule has 3 heterocycles. The molecule has 0 saturated carbocycles. The van der Waals surface area contributed by atoms with Crippen LogP contribution in [0.15, 0.2) is 54.6 Å².